The van der Waals surface area contributed by atoms with E-state index >= 15 is 0 Å². The summed E-state index contributed by atoms with van der Waals surface area (Å²) in [5, 5.41) is 12.7. The van der Waals surface area contributed by atoms with Crippen LogP contribution in [0.3, 0.4) is 0 Å². The van der Waals surface area contributed by atoms with Gasteiger partial charge in [-0.25, -0.2) is 0 Å². The third-order valence-corrected chi connectivity index (χ3v) is 6.37. The van der Waals surface area contributed by atoms with Crippen molar-refractivity contribution in [3.63, 3.8) is 0 Å². The molecule has 2 rings (SSSR count). The highest BCUT2D eigenvalue weighted by Crippen LogP contribution is 2.39. The van der Waals surface area contributed by atoms with E-state index in [0.29, 0.717) is 30.4 Å². The standard InChI is InChI=1S/C30H47NO4/c1-4-5-6-7-8-9-10-11-12-13-14-15-19-35-30-28(33-2)21-26(22-29(30)34-3)23-31-27-18-16-17-25(20-27)24-32/h16-18,20-22,31-32H,4-15,19,23-24H2,1-3H3. The van der Waals surface area contributed by atoms with Crippen LogP contribution in [-0.2, 0) is 13.2 Å². The van der Waals surface area contributed by atoms with E-state index in [1.807, 2.05) is 36.4 Å². The van der Waals surface area contributed by atoms with Crippen LogP contribution in [0.15, 0.2) is 36.4 Å². The van der Waals surface area contributed by atoms with E-state index in [4.69, 9.17) is 14.2 Å². The Labute approximate surface area is 213 Å². The van der Waals surface area contributed by atoms with Crippen LogP contribution in [-0.4, -0.2) is 25.9 Å². The number of benzene rings is 2. The van der Waals surface area contributed by atoms with E-state index in [1.54, 1.807) is 14.2 Å². The molecule has 2 N–H and O–H groups in total. The van der Waals surface area contributed by atoms with Crippen LogP contribution in [0.1, 0.15) is 95.1 Å². The lowest BCUT2D eigenvalue weighted by Crippen LogP contribution is -2.05. The lowest BCUT2D eigenvalue weighted by molar-refractivity contribution is 0.267. The van der Waals surface area contributed by atoms with Crippen molar-refractivity contribution in [2.75, 3.05) is 26.1 Å². The molecular formula is C30H47NO4. The molecule has 0 aliphatic rings. The molecule has 0 aromatic heterocycles. The van der Waals surface area contributed by atoms with E-state index in [9.17, 15) is 5.11 Å². The van der Waals surface area contributed by atoms with Crippen molar-refractivity contribution in [3.05, 3.63) is 47.5 Å². The average molecular weight is 486 g/mol. The minimum atomic E-state index is 0.0302. The van der Waals surface area contributed by atoms with E-state index in [2.05, 4.69) is 12.2 Å². The summed E-state index contributed by atoms with van der Waals surface area (Å²) in [6, 6.07) is 11.7. The molecule has 0 radical (unpaired) electrons. The van der Waals surface area contributed by atoms with E-state index in [1.165, 1.54) is 70.6 Å². The van der Waals surface area contributed by atoms with E-state index < -0.39 is 0 Å². The number of anilines is 1. The molecular weight excluding hydrogens is 438 g/mol. The van der Waals surface area contributed by atoms with Crippen LogP contribution in [0.2, 0.25) is 0 Å². The third kappa shape index (κ3) is 11.3. The lowest BCUT2D eigenvalue weighted by Gasteiger charge is -2.17. The van der Waals surface area contributed by atoms with Crippen LogP contribution in [0.25, 0.3) is 0 Å². The Morgan fingerprint density at radius 2 is 1.29 bits per heavy atom. The maximum atomic E-state index is 9.33. The number of rotatable bonds is 20. The quantitative estimate of drug-likeness (QED) is 0.187. The first-order chi connectivity index (χ1) is 17.2. The number of unbranched alkanes of at least 4 members (excludes halogenated alkanes) is 11. The second kappa shape index (κ2) is 18.0. The molecule has 0 saturated carbocycles. The summed E-state index contributed by atoms with van der Waals surface area (Å²) < 4.78 is 17.3. The van der Waals surface area contributed by atoms with Crippen molar-refractivity contribution >= 4 is 5.69 Å². The highest BCUT2D eigenvalue weighted by Gasteiger charge is 2.14. The van der Waals surface area contributed by atoms with Gasteiger partial charge < -0.3 is 24.6 Å². The molecule has 0 bridgehead atoms. The van der Waals surface area contributed by atoms with Gasteiger partial charge in [0.2, 0.25) is 5.75 Å². The molecule has 35 heavy (non-hydrogen) atoms. The molecule has 0 heterocycles. The Balaban J connectivity index is 1.71. The predicted octanol–water partition coefficient (Wildman–Crippen LogP) is 7.89. The second-order valence-electron chi connectivity index (χ2n) is 9.28. The fraction of sp³-hybridized carbons (Fsp3) is 0.600. The van der Waals surface area contributed by atoms with E-state index in [-0.39, 0.29) is 6.61 Å². The predicted molar refractivity (Wildman–Crippen MR) is 146 cm³/mol. The summed E-state index contributed by atoms with van der Waals surface area (Å²) in [6.07, 6.45) is 15.9. The minimum Gasteiger partial charge on any atom is -0.493 e. The first-order valence-corrected chi connectivity index (χ1v) is 13.5. The van der Waals surface area contributed by atoms with Crippen LogP contribution >= 0.6 is 0 Å². The first kappa shape index (κ1) is 28.8. The van der Waals surface area contributed by atoms with Crippen LogP contribution in [0.5, 0.6) is 17.2 Å². The number of aliphatic hydroxyl groups excluding tert-OH is 1. The molecule has 2 aromatic carbocycles. The van der Waals surface area contributed by atoms with Crippen molar-refractivity contribution in [1.82, 2.24) is 0 Å². The van der Waals surface area contributed by atoms with Crippen molar-refractivity contribution in [2.45, 2.75) is 97.1 Å². The summed E-state index contributed by atoms with van der Waals surface area (Å²) >= 11 is 0. The molecule has 0 fully saturated rings. The zero-order valence-corrected chi connectivity index (χ0v) is 22.2. The Morgan fingerprint density at radius 3 is 1.83 bits per heavy atom. The lowest BCUT2D eigenvalue weighted by atomic mass is 10.1. The SMILES string of the molecule is CCCCCCCCCCCCCCOc1c(OC)cc(CNc2cccc(CO)c2)cc1OC. The Bertz CT molecular complexity index is 799. The maximum Gasteiger partial charge on any atom is 0.203 e. The largest absolute Gasteiger partial charge is 0.493 e. The molecule has 0 amide bonds. The normalized spacial score (nSPS) is 10.9. The number of hydrogen-bond donors (Lipinski definition) is 2. The summed E-state index contributed by atoms with van der Waals surface area (Å²) in [7, 11) is 3.32. The van der Waals surface area contributed by atoms with Gasteiger partial charge in [0, 0.05) is 12.2 Å². The topological polar surface area (TPSA) is 60.0 Å². The monoisotopic (exact) mass is 485 g/mol. The Hall–Kier alpha value is -2.40. The van der Waals surface area contributed by atoms with Gasteiger partial charge in [-0.15, -0.1) is 0 Å². The molecule has 0 saturated heterocycles. The highest BCUT2D eigenvalue weighted by atomic mass is 16.5. The average Bonchev–Trinajstić information content (AvgIpc) is 2.90. The second-order valence-corrected chi connectivity index (χ2v) is 9.28. The minimum absolute atomic E-state index is 0.0302. The van der Waals surface area contributed by atoms with Gasteiger partial charge in [0.1, 0.15) is 0 Å². The number of nitrogens with one attached hydrogen (secondary N) is 1. The van der Waals surface area contributed by atoms with Crippen molar-refractivity contribution in [1.29, 1.82) is 0 Å². The van der Waals surface area contributed by atoms with Crippen molar-refractivity contribution in [3.8, 4) is 17.2 Å². The van der Waals surface area contributed by atoms with Gasteiger partial charge >= 0.3 is 0 Å². The summed E-state index contributed by atoms with van der Waals surface area (Å²) in [5.74, 6) is 2.04. The molecule has 2 aromatic rings. The number of methoxy groups -OCH3 is 2. The number of ether oxygens (including phenoxy) is 3. The summed E-state index contributed by atoms with van der Waals surface area (Å²) in [4.78, 5) is 0. The van der Waals surface area contributed by atoms with E-state index in [0.717, 1.165) is 23.2 Å². The zero-order chi connectivity index (χ0) is 25.1. The summed E-state index contributed by atoms with van der Waals surface area (Å²) in [5.41, 5.74) is 2.87. The molecule has 0 atom stereocenters. The smallest absolute Gasteiger partial charge is 0.203 e. The zero-order valence-electron chi connectivity index (χ0n) is 22.2. The molecule has 0 aliphatic carbocycles. The highest BCUT2D eigenvalue weighted by molar-refractivity contribution is 5.55. The fourth-order valence-corrected chi connectivity index (χ4v) is 4.28. The number of aliphatic hydroxyl groups is 1. The van der Waals surface area contributed by atoms with Gasteiger partial charge in [0.05, 0.1) is 27.4 Å². The molecule has 5 nitrogen and oxygen atoms in total. The van der Waals surface area contributed by atoms with Gasteiger partial charge in [-0.05, 0) is 41.8 Å². The van der Waals surface area contributed by atoms with Crippen LogP contribution in [0, 0.1) is 0 Å². The molecule has 196 valence electrons. The molecule has 0 spiro atoms. The van der Waals surface area contributed by atoms with Gasteiger partial charge in [0.15, 0.2) is 11.5 Å². The molecule has 5 heteroatoms. The first-order valence-electron chi connectivity index (χ1n) is 13.5. The van der Waals surface area contributed by atoms with Gasteiger partial charge in [-0.3, -0.25) is 0 Å². The maximum absolute atomic E-state index is 9.33. The summed E-state index contributed by atoms with van der Waals surface area (Å²) in [6.45, 7) is 3.58. The van der Waals surface area contributed by atoms with Crippen LogP contribution in [0.4, 0.5) is 5.69 Å². The van der Waals surface area contributed by atoms with Crippen molar-refractivity contribution < 1.29 is 19.3 Å². The Morgan fingerprint density at radius 1 is 0.714 bits per heavy atom. The van der Waals surface area contributed by atoms with Gasteiger partial charge in [0.25, 0.3) is 0 Å². The molecule has 0 aliphatic heterocycles. The third-order valence-electron chi connectivity index (χ3n) is 6.37. The van der Waals surface area contributed by atoms with Gasteiger partial charge in [-0.1, -0.05) is 89.7 Å². The van der Waals surface area contributed by atoms with Crippen molar-refractivity contribution in [2.24, 2.45) is 0 Å². The fourth-order valence-electron chi connectivity index (χ4n) is 4.28. The Kier molecular flexibility index (Phi) is 14.8. The number of hydrogen-bond acceptors (Lipinski definition) is 5. The molecule has 0 unspecified atom stereocenters. The van der Waals surface area contributed by atoms with Crippen LogP contribution < -0.4 is 19.5 Å². The van der Waals surface area contributed by atoms with Gasteiger partial charge in [-0.2, -0.15) is 0 Å².